The summed E-state index contributed by atoms with van der Waals surface area (Å²) >= 11 is 0. The molecule has 7 heteroatoms. The highest BCUT2D eigenvalue weighted by Crippen LogP contribution is 2.33. The van der Waals surface area contributed by atoms with Gasteiger partial charge in [-0.2, -0.15) is 0 Å². The summed E-state index contributed by atoms with van der Waals surface area (Å²) in [5.41, 5.74) is 0.820. The van der Waals surface area contributed by atoms with Gasteiger partial charge in [0.1, 0.15) is 0 Å². The minimum absolute atomic E-state index is 0.225. The summed E-state index contributed by atoms with van der Waals surface area (Å²) in [5, 5.41) is 16.0. The highest BCUT2D eigenvalue weighted by Gasteiger charge is 2.21. The Morgan fingerprint density at radius 3 is 3.11 bits per heavy atom. The van der Waals surface area contributed by atoms with Gasteiger partial charge in [0, 0.05) is 6.07 Å². The molecule has 0 saturated carbocycles. The van der Waals surface area contributed by atoms with Crippen molar-refractivity contribution < 1.29 is 9.47 Å². The molecule has 4 rings (SSSR count). The zero-order valence-corrected chi connectivity index (χ0v) is 10.2. The van der Waals surface area contributed by atoms with Crippen LogP contribution in [0.3, 0.4) is 0 Å². The van der Waals surface area contributed by atoms with Crippen LogP contribution in [0.5, 0.6) is 11.5 Å². The van der Waals surface area contributed by atoms with Gasteiger partial charge in [0.05, 0.1) is 11.7 Å². The number of benzene rings is 1. The fourth-order valence-corrected chi connectivity index (χ4v) is 2.39. The normalized spacial score (nSPS) is 20.9. The Hall–Kier alpha value is -2.15. The van der Waals surface area contributed by atoms with Crippen LogP contribution in [0, 0.1) is 0 Å². The van der Waals surface area contributed by atoms with E-state index in [2.05, 4.69) is 20.7 Å². The van der Waals surface area contributed by atoms with Crippen molar-refractivity contribution in [3.8, 4) is 17.2 Å². The second kappa shape index (κ2) is 4.20. The summed E-state index contributed by atoms with van der Waals surface area (Å²) in [4.78, 5) is 1.53. The zero-order chi connectivity index (χ0) is 12.7. The third kappa shape index (κ3) is 1.82. The summed E-state index contributed by atoms with van der Waals surface area (Å²) in [6, 6.07) is 5.83. The van der Waals surface area contributed by atoms with E-state index in [0.717, 1.165) is 42.4 Å². The maximum Gasteiger partial charge on any atom is 0.231 e. The summed E-state index contributed by atoms with van der Waals surface area (Å²) in [6.07, 6.45) is 2.22. The van der Waals surface area contributed by atoms with Gasteiger partial charge in [-0.05, 0) is 36.7 Å². The predicted octanol–water partition coefficient (Wildman–Crippen LogP) is 0.815. The summed E-state index contributed by atoms with van der Waals surface area (Å²) < 4.78 is 10.6. The lowest BCUT2D eigenvalue weighted by Crippen LogP contribution is -2.14. The van der Waals surface area contributed by atoms with E-state index in [1.807, 2.05) is 18.2 Å². The molecule has 98 valence electrons. The summed E-state index contributed by atoms with van der Waals surface area (Å²) in [6.45, 7) is 1.28. The summed E-state index contributed by atoms with van der Waals surface area (Å²) in [5.74, 6) is 2.21. The molecule has 1 unspecified atom stereocenters. The molecule has 2 aliphatic heterocycles. The molecule has 1 fully saturated rings. The van der Waals surface area contributed by atoms with E-state index in [-0.39, 0.29) is 12.8 Å². The maximum absolute atomic E-state index is 5.34. The highest BCUT2D eigenvalue weighted by molar-refractivity contribution is 5.49. The molecular formula is C12H13N5O2. The maximum atomic E-state index is 5.34. The van der Waals surface area contributed by atoms with Gasteiger partial charge in [0.15, 0.2) is 17.3 Å². The van der Waals surface area contributed by atoms with Crippen molar-refractivity contribution in [3.05, 3.63) is 24.0 Å². The van der Waals surface area contributed by atoms with Crippen LogP contribution in [0.1, 0.15) is 24.7 Å². The fourth-order valence-electron chi connectivity index (χ4n) is 2.39. The lowest BCUT2D eigenvalue weighted by Gasteiger charge is -2.03. The second-order valence-corrected chi connectivity index (χ2v) is 4.62. The average Bonchev–Trinajstić information content (AvgIpc) is 3.18. The highest BCUT2D eigenvalue weighted by atomic mass is 16.7. The molecule has 2 aliphatic rings. The van der Waals surface area contributed by atoms with Crippen molar-refractivity contribution >= 4 is 0 Å². The number of nitrogens with one attached hydrogen (secondary N) is 1. The predicted molar refractivity (Wildman–Crippen MR) is 65.3 cm³/mol. The Morgan fingerprint density at radius 2 is 2.21 bits per heavy atom. The first-order chi connectivity index (χ1) is 9.40. The molecule has 19 heavy (non-hydrogen) atoms. The van der Waals surface area contributed by atoms with E-state index in [9.17, 15) is 0 Å². The first-order valence-corrected chi connectivity index (χ1v) is 6.33. The molecule has 1 N–H and O–H groups in total. The van der Waals surface area contributed by atoms with Crippen molar-refractivity contribution in [2.75, 3.05) is 13.3 Å². The third-order valence-corrected chi connectivity index (χ3v) is 3.39. The third-order valence-electron chi connectivity index (χ3n) is 3.39. The van der Waals surface area contributed by atoms with Gasteiger partial charge in [-0.3, -0.25) is 0 Å². The van der Waals surface area contributed by atoms with Gasteiger partial charge in [-0.1, -0.05) is 0 Å². The molecule has 1 atom stereocenters. The SMILES string of the molecule is c1cc2c(cc1-n1nnc(C3CCCN3)n1)OCO2. The van der Waals surface area contributed by atoms with Gasteiger partial charge in [-0.15, -0.1) is 15.0 Å². The van der Waals surface area contributed by atoms with Gasteiger partial charge in [0.2, 0.25) is 6.79 Å². The molecule has 1 aromatic heterocycles. The van der Waals surface area contributed by atoms with Crippen LogP contribution in [0.15, 0.2) is 18.2 Å². The molecule has 0 radical (unpaired) electrons. The number of hydrogen-bond acceptors (Lipinski definition) is 6. The minimum Gasteiger partial charge on any atom is -0.454 e. The molecule has 1 aromatic carbocycles. The largest absolute Gasteiger partial charge is 0.454 e. The van der Waals surface area contributed by atoms with Crippen LogP contribution in [0.4, 0.5) is 0 Å². The number of ether oxygens (including phenoxy) is 2. The fraction of sp³-hybridized carbons (Fsp3) is 0.417. The number of rotatable bonds is 2. The molecule has 0 spiro atoms. The Balaban J connectivity index is 1.65. The number of tetrazole rings is 1. The van der Waals surface area contributed by atoms with Crippen LogP contribution in [-0.2, 0) is 0 Å². The lowest BCUT2D eigenvalue weighted by molar-refractivity contribution is 0.174. The van der Waals surface area contributed by atoms with Crippen LogP contribution in [0.2, 0.25) is 0 Å². The van der Waals surface area contributed by atoms with Crippen molar-refractivity contribution in [2.45, 2.75) is 18.9 Å². The van der Waals surface area contributed by atoms with Crippen molar-refractivity contribution in [2.24, 2.45) is 0 Å². The standard InChI is InChI=1S/C12H13N5O2/c1-2-9(13-5-1)12-14-16-17(15-12)8-3-4-10-11(6-8)19-7-18-10/h3-4,6,9,13H,1-2,5,7H2. The van der Waals surface area contributed by atoms with Crippen LogP contribution in [-0.4, -0.2) is 33.5 Å². The minimum atomic E-state index is 0.225. The number of aromatic nitrogens is 4. The molecule has 7 nitrogen and oxygen atoms in total. The summed E-state index contributed by atoms with van der Waals surface area (Å²) in [7, 11) is 0. The molecule has 2 aromatic rings. The molecule has 0 aliphatic carbocycles. The molecule has 0 bridgehead atoms. The Labute approximate surface area is 109 Å². The van der Waals surface area contributed by atoms with E-state index in [4.69, 9.17) is 9.47 Å². The van der Waals surface area contributed by atoms with E-state index in [1.165, 1.54) is 4.80 Å². The van der Waals surface area contributed by atoms with Gasteiger partial charge >= 0.3 is 0 Å². The quantitative estimate of drug-likeness (QED) is 0.860. The van der Waals surface area contributed by atoms with Crippen LogP contribution >= 0.6 is 0 Å². The number of nitrogens with zero attached hydrogens (tertiary/aromatic N) is 4. The first kappa shape index (κ1) is 10.7. The Morgan fingerprint density at radius 1 is 1.26 bits per heavy atom. The average molecular weight is 259 g/mol. The van der Waals surface area contributed by atoms with Gasteiger partial charge in [-0.25, -0.2) is 0 Å². The number of hydrogen-bond donors (Lipinski definition) is 1. The van der Waals surface area contributed by atoms with Crippen LogP contribution < -0.4 is 14.8 Å². The molecule has 3 heterocycles. The number of fused-ring (bicyclic) bond motifs is 1. The first-order valence-electron chi connectivity index (χ1n) is 6.33. The second-order valence-electron chi connectivity index (χ2n) is 4.62. The van der Waals surface area contributed by atoms with E-state index in [0.29, 0.717) is 0 Å². The van der Waals surface area contributed by atoms with Crippen LogP contribution in [0.25, 0.3) is 5.69 Å². The van der Waals surface area contributed by atoms with E-state index >= 15 is 0 Å². The van der Waals surface area contributed by atoms with Gasteiger partial charge in [0.25, 0.3) is 0 Å². The van der Waals surface area contributed by atoms with Crippen molar-refractivity contribution in [3.63, 3.8) is 0 Å². The monoisotopic (exact) mass is 259 g/mol. The Kier molecular flexibility index (Phi) is 2.37. The Bertz CT molecular complexity index is 606. The molecule has 0 amide bonds. The lowest BCUT2D eigenvalue weighted by atomic mass is 10.2. The molecule has 1 saturated heterocycles. The van der Waals surface area contributed by atoms with Crippen molar-refractivity contribution in [1.82, 2.24) is 25.5 Å². The van der Waals surface area contributed by atoms with Crippen molar-refractivity contribution in [1.29, 1.82) is 0 Å². The van der Waals surface area contributed by atoms with E-state index < -0.39 is 0 Å². The zero-order valence-electron chi connectivity index (χ0n) is 10.2. The van der Waals surface area contributed by atoms with E-state index in [1.54, 1.807) is 0 Å². The molecular weight excluding hydrogens is 246 g/mol. The topological polar surface area (TPSA) is 74.1 Å². The van der Waals surface area contributed by atoms with Gasteiger partial charge < -0.3 is 14.8 Å². The smallest absolute Gasteiger partial charge is 0.231 e.